The number of benzene rings is 1. The molecular formula is C27H33F3N4O3. The second-order valence-corrected chi connectivity index (χ2v) is 11.2. The number of nitrogens with one attached hydrogen (secondary N) is 1. The monoisotopic (exact) mass is 518 g/mol. The summed E-state index contributed by atoms with van der Waals surface area (Å²) in [5.74, 6) is -2.25. The molecule has 7 nitrogen and oxygen atoms in total. The van der Waals surface area contributed by atoms with Crippen molar-refractivity contribution in [2.45, 2.75) is 86.7 Å². The first kappa shape index (κ1) is 24.9. The van der Waals surface area contributed by atoms with Crippen LogP contribution in [0.4, 0.5) is 13.2 Å². The highest BCUT2D eigenvalue weighted by molar-refractivity contribution is 5.82. The minimum Gasteiger partial charge on any atom is -0.424 e. The third-order valence-corrected chi connectivity index (χ3v) is 9.07. The van der Waals surface area contributed by atoms with Crippen molar-refractivity contribution in [2.24, 2.45) is 0 Å². The van der Waals surface area contributed by atoms with Crippen molar-refractivity contribution in [2.75, 3.05) is 26.2 Å². The number of likely N-dealkylation sites (tertiary alicyclic amines) is 1. The molecule has 37 heavy (non-hydrogen) atoms. The number of ether oxygens (including phenoxy) is 1. The Morgan fingerprint density at radius 3 is 2.27 bits per heavy atom. The molecule has 1 aromatic heterocycles. The predicted molar refractivity (Wildman–Crippen MR) is 128 cm³/mol. The summed E-state index contributed by atoms with van der Waals surface area (Å²) in [6.45, 7) is 2.50. The number of hydrogen-bond donors (Lipinski definition) is 1. The molecule has 4 heterocycles. The predicted octanol–water partition coefficient (Wildman–Crippen LogP) is 4.32. The third kappa shape index (κ3) is 4.67. The first-order chi connectivity index (χ1) is 17.8. The molecule has 3 saturated heterocycles. The maximum atomic E-state index is 13.8. The van der Waals surface area contributed by atoms with E-state index in [1.165, 1.54) is 12.1 Å². The van der Waals surface area contributed by atoms with Crippen LogP contribution in [0.15, 0.2) is 28.7 Å². The normalized spacial score (nSPS) is 29.7. The van der Waals surface area contributed by atoms with Crippen molar-refractivity contribution in [1.82, 2.24) is 20.4 Å². The summed E-state index contributed by atoms with van der Waals surface area (Å²) in [6, 6.07) is 6.09. The van der Waals surface area contributed by atoms with Crippen LogP contribution in [0, 0.1) is 5.82 Å². The number of hydrogen-bond acceptors (Lipinski definition) is 6. The highest BCUT2D eigenvalue weighted by Crippen LogP contribution is 2.45. The van der Waals surface area contributed by atoms with E-state index >= 15 is 0 Å². The summed E-state index contributed by atoms with van der Waals surface area (Å²) < 4.78 is 53.0. The molecule has 1 saturated carbocycles. The van der Waals surface area contributed by atoms with Gasteiger partial charge in [-0.2, -0.15) is 0 Å². The zero-order valence-corrected chi connectivity index (χ0v) is 20.9. The number of alkyl halides is 2. The molecule has 200 valence electrons. The Kier molecular flexibility index (Phi) is 6.30. The van der Waals surface area contributed by atoms with Gasteiger partial charge in [-0.15, -0.1) is 10.2 Å². The average molecular weight is 519 g/mol. The van der Waals surface area contributed by atoms with Crippen molar-refractivity contribution in [3.63, 3.8) is 0 Å². The van der Waals surface area contributed by atoms with Gasteiger partial charge in [-0.3, -0.25) is 4.79 Å². The summed E-state index contributed by atoms with van der Waals surface area (Å²) in [6.07, 6.45) is 4.04. The molecule has 10 heteroatoms. The van der Waals surface area contributed by atoms with E-state index in [9.17, 15) is 18.0 Å². The van der Waals surface area contributed by atoms with E-state index in [1.807, 2.05) is 4.90 Å². The molecule has 1 aromatic carbocycles. The quantitative estimate of drug-likeness (QED) is 0.650. The van der Waals surface area contributed by atoms with Gasteiger partial charge in [0.25, 0.3) is 0 Å². The van der Waals surface area contributed by atoms with Gasteiger partial charge in [-0.05, 0) is 56.2 Å². The minimum absolute atomic E-state index is 0.0830. The molecule has 1 N–H and O–H groups in total. The molecule has 0 bridgehead atoms. The Morgan fingerprint density at radius 1 is 0.973 bits per heavy atom. The van der Waals surface area contributed by atoms with Crippen molar-refractivity contribution >= 4 is 5.91 Å². The van der Waals surface area contributed by atoms with Crippen LogP contribution >= 0.6 is 0 Å². The first-order valence-corrected chi connectivity index (χ1v) is 13.4. The van der Waals surface area contributed by atoms with E-state index in [0.717, 1.165) is 31.4 Å². The van der Waals surface area contributed by atoms with Crippen LogP contribution in [0.2, 0.25) is 0 Å². The van der Waals surface area contributed by atoms with Crippen LogP contribution in [-0.4, -0.2) is 64.8 Å². The highest BCUT2D eigenvalue weighted by Gasteiger charge is 2.47. The van der Waals surface area contributed by atoms with E-state index in [0.29, 0.717) is 57.1 Å². The molecular weight excluding hydrogens is 485 g/mol. The number of aromatic nitrogens is 2. The molecule has 0 unspecified atom stereocenters. The molecule has 2 atom stereocenters. The Balaban J connectivity index is 1.19. The molecule has 1 spiro atoms. The topological polar surface area (TPSA) is 80.5 Å². The Labute approximate surface area is 214 Å². The molecule has 3 aliphatic heterocycles. The number of carbonyl (C=O) groups is 1. The summed E-state index contributed by atoms with van der Waals surface area (Å²) in [5, 5.41) is 12.0. The highest BCUT2D eigenvalue weighted by atomic mass is 19.3. The van der Waals surface area contributed by atoms with E-state index in [2.05, 4.69) is 15.5 Å². The van der Waals surface area contributed by atoms with Crippen LogP contribution in [0.3, 0.4) is 0 Å². The van der Waals surface area contributed by atoms with E-state index in [1.54, 1.807) is 12.1 Å². The maximum absolute atomic E-state index is 13.8. The van der Waals surface area contributed by atoms with Gasteiger partial charge in [0.1, 0.15) is 5.82 Å². The number of amides is 1. The lowest BCUT2D eigenvalue weighted by atomic mass is 9.72. The van der Waals surface area contributed by atoms with Crippen molar-refractivity contribution in [3.05, 3.63) is 47.4 Å². The molecule has 6 rings (SSSR count). The van der Waals surface area contributed by atoms with Crippen LogP contribution in [0.25, 0.3) is 0 Å². The zero-order chi connectivity index (χ0) is 25.7. The second kappa shape index (κ2) is 9.38. The average Bonchev–Trinajstić information content (AvgIpc) is 3.39. The SMILES string of the molecule is O=C([C@@H]1CC[C@@]2(CCO2)CN1)N1CCC(c2ccc(F)cc2)(c2nnc(C3CCC(F)(F)CC3)o2)CC1. The maximum Gasteiger partial charge on any atom is 0.248 e. The lowest BCUT2D eigenvalue weighted by Gasteiger charge is -2.47. The minimum atomic E-state index is -2.63. The Hall–Kier alpha value is -2.46. The number of piperidine rings is 2. The van der Waals surface area contributed by atoms with Crippen molar-refractivity contribution in [1.29, 1.82) is 0 Å². The smallest absolute Gasteiger partial charge is 0.248 e. The fraction of sp³-hybridized carbons (Fsp3) is 0.667. The summed E-state index contributed by atoms with van der Waals surface area (Å²) >= 11 is 0. The largest absolute Gasteiger partial charge is 0.424 e. The molecule has 1 aliphatic carbocycles. The summed E-state index contributed by atoms with van der Waals surface area (Å²) in [4.78, 5) is 15.2. The van der Waals surface area contributed by atoms with Crippen LogP contribution in [-0.2, 0) is 14.9 Å². The molecule has 0 radical (unpaired) electrons. The molecule has 2 aromatic rings. The number of nitrogens with zero attached hydrogens (tertiary/aromatic N) is 3. The lowest BCUT2D eigenvalue weighted by molar-refractivity contribution is -0.164. The second-order valence-electron chi connectivity index (χ2n) is 11.2. The van der Waals surface area contributed by atoms with E-state index in [-0.39, 0.29) is 42.1 Å². The van der Waals surface area contributed by atoms with E-state index in [4.69, 9.17) is 9.15 Å². The van der Waals surface area contributed by atoms with Crippen LogP contribution < -0.4 is 5.32 Å². The van der Waals surface area contributed by atoms with Crippen LogP contribution in [0.5, 0.6) is 0 Å². The van der Waals surface area contributed by atoms with Gasteiger partial charge in [-0.1, -0.05) is 12.1 Å². The fourth-order valence-electron chi connectivity index (χ4n) is 6.45. The molecule has 4 fully saturated rings. The number of carbonyl (C=O) groups excluding carboxylic acids is 1. The van der Waals surface area contributed by atoms with Gasteiger partial charge in [0.2, 0.25) is 23.6 Å². The van der Waals surface area contributed by atoms with Gasteiger partial charge in [0.05, 0.1) is 23.7 Å². The van der Waals surface area contributed by atoms with Crippen molar-refractivity contribution < 1.29 is 27.1 Å². The van der Waals surface area contributed by atoms with Gasteiger partial charge in [0, 0.05) is 44.8 Å². The number of rotatable bonds is 4. The van der Waals surface area contributed by atoms with Crippen LogP contribution in [0.1, 0.15) is 81.1 Å². The third-order valence-electron chi connectivity index (χ3n) is 9.07. The zero-order valence-electron chi connectivity index (χ0n) is 20.9. The summed E-state index contributed by atoms with van der Waals surface area (Å²) in [7, 11) is 0. The first-order valence-electron chi connectivity index (χ1n) is 13.4. The standard InChI is InChI=1S/C27H33F3N4O3/c28-20-3-1-19(2-4-20)26(24-33-32-22(37-24)18-5-9-27(29,30)10-6-18)11-14-34(15-12-26)23(35)21-7-8-25(17-31-21)13-16-36-25/h1-4,18,21,31H,5-17H2/t21-,25+/m0/s1. The fourth-order valence-corrected chi connectivity index (χ4v) is 6.45. The Morgan fingerprint density at radius 2 is 1.68 bits per heavy atom. The van der Waals surface area contributed by atoms with Gasteiger partial charge >= 0.3 is 0 Å². The van der Waals surface area contributed by atoms with Gasteiger partial charge in [0.15, 0.2) is 0 Å². The van der Waals surface area contributed by atoms with Crippen molar-refractivity contribution in [3.8, 4) is 0 Å². The Bertz CT molecular complexity index is 1110. The number of halogens is 3. The van der Waals surface area contributed by atoms with Gasteiger partial charge < -0.3 is 19.4 Å². The molecule has 1 amide bonds. The van der Waals surface area contributed by atoms with E-state index < -0.39 is 11.3 Å². The molecule has 4 aliphatic rings. The lowest BCUT2D eigenvalue weighted by Crippen LogP contribution is -2.61. The summed E-state index contributed by atoms with van der Waals surface area (Å²) in [5.41, 5.74) is 0.101. The van der Waals surface area contributed by atoms with Gasteiger partial charge in [-0.25, -0.2) is 13.2 Å².